The van der Waals surface area contributed by atoms with Crippen LogP contribution in [0.4, 0.5) is 0 Å². The molecule has 9 nitrogen and oxygen atoms in total. The van der Waals surface area contributed by atoms with E-state index in [0.717, 1.165) is 18.4 Å². The van der Waals surface area contributed by atoms with E-state index in [4.69, 9.17) is 4.52 Å². The van der Waals surface area contributed by atoms with Gasteiger partial charge >= 0.3 is 0 Å². The van der Waals surface area contributed by atoms with Crippen LogP contribution in [-0.4, -0.2) is 46.8 Å². The lowest BCUT2D eigenvalue weighted by Crippen LogP contribution is -2.45. The van der Waals surface area contributed by atoms with Crippen LogP contribution in [0.25, 0.3) is 10.7 Å². The van der Waals surface area contributed by atoms with Gasteiger partial charge in [0.15, 0.2) is 0 Å². The summed E-state index contributed by atoms with van der Waals surface area (Å²) in [7, 11) is -3.74. The zero-order valence-corrected chi connectivity index (χ0v) is 19.9. The Morgan fingerprint density at radius 2 is 2.18 bits per heavy atom. The topological polar surface area (TPSA) is 118 Å². The highest BCUT2D eigenvalue weighted by molar-refractivity contribution is 7.89. The summed E-state index contributed by atoms with van der Waals surface area (Å²) < 4.78 is 33.7. The minimum atomic E-state index is -3.74. The fraction of sp³-hybridized carbons (Fsp3) is 0.455. The molecule has 0 spiro atoms. The van der Waals surface area contributed by atoms with Crippen molar-refractivity contribution in [3.05, 3.63) is 46.9 Å². The van der Waals surface area contributed by atoms with Gasteiger partial charge < -0.3 is 9.84 Å². The van der Waals surface area contributed by atoms with Crippen LogP contribution in [0.5, 0.6) is 0 Å². The van der Waals surface area contributed by atoms with Crippen molar-refractivity contribution in [1.82, 2.24) is 24.7 Å². The van der Waals surface area contributed by atoms with Gasteiger partial charge in [-0.15, -0.1) is 11.3 Å². The lowest BCUT2D eigenvalue weighted by molar-refractivity contribution is -0.126. The number of nitrogens with zero attached hydrogens (tertiary/aromatic N) is 4. The van der Waals surface area contributed by atoms with Crippen LogP contribution >= 0.6 is 11.3 Å². The van der Waals surface area contributed by atoms with Crippen LogP contribution in [-0.2, 0) is 21.4 Å². The third-order valence-electron chi connectivity index (χ3n) is 6.02. The number of hydrogen-bond acceptors (Lipinski definition) is 8. The molecule has 5 rings (SSSR count). The zero-order valence-electron chi connectivity index (χ0n) is 18.2. The van der Waals surface area contributed by atoms with Crippen molar-refractivity contribution in [2.24, 2.45) is 5.92 Å². The average Bonchev–Trinajstić information content (AvgIpc) is 3.42. The summed E-state index contributed by atoms with van der Waals surface area (Å²) in [5, 5.41) is 6.94. The van der Waals surface area contributed by atoms with Crippen LogP contribution in [0.15, 0.2) is 40.0 Å². The van der Waals surface area contributed by atoms with Crippen LogP contribution in [0.2, 0.25) is 0 Å². The molecule has 0 radical (unpaired) electrons. The lowest BCUT2D eigenvalue weighted by Gasteiger charge is -2.31. The monoisotopic (exact) mass is 487 g/mol. The van der Waals surface area contributed by atoms with E-state index in [2.05, 4.69) is 20.4 Å². The molecule has 3 aromatic heterocycles. The first-order valence-electron chi connectivity index (χ1n) is 11.0. The van der Waals surface area contributed by atoms with E-state index in [1.54, 1.807) is 25.4 Å². The first kappa shape index (κ1) is 22.2. The van der Waals surface area contributed by atoms with Gasteiger partial charge in [0, 0.05) is 42.8 Å². The molecule has 3 aromatic rings. The van der Waals surface area contributed by atoms with Gasteiger partial charge in [0.25, 0.3) is 0 Å². The number of piperidine rings is 1. The number of nitrogens with one attached hydrogen (secondary N) is 1. The predicted molar refractivity (Wildman–Crippen MR) is 122 cm³/mol. The molecule has 1 saturated carbocycles. The second-order valence-corrected chi connectivity index (χ2v) is 11.7. The minimum absolute atomic E-state index is 0.138. The number of carbonyl (C=O) groups excluding carboxylic acids is 1. The fourth-order valence-electron chi connectivity index (χ4n) is 4.01. The molecule has 4 heterocycles. The van der Waals surface area contributed by atoms with E-state index >= 15 is 0 Å². The maximum Gasteiger partial charge on any atom is 0.244 e. The molecular formula is C22H25N5O4S2. The highest BCUT2D eigenvalue weighted by atomic mass is 32.2. The molecule has 1 saturated heterocycles. The second-order valence-electron chi connectivity index (χ2n) is 8.54. The van der Waals surface area contributed by atoms with E-state index in [0.29, 0.717) is 53.3 Å². The molecule has 1 aliphatic heterocycles. The van der Waals surface area contributed by atoms with E-state index in [-0.39, 0.29) is 23.3 Å². The Balaban J connectivity index is 1.28. The van der Waals surface area contributed by atoms with Crippen molar-refractivity contribution < 1.29 is 17.7 Å². The van der Waals surface area contributed by atoms with Crippen molar-refractivity contribution >= 4 is 27.3 Å². The van der Waals surface area contributed by atoms with Crippen LogP contribution in [0, 0.1) is 12.8 Å². The number of aryl methyl sites for hydroxylation is 1. The quantitative estimate of drug-likeness (QED) is 0.544. The Hall–Kier alpha value is -2.63. The van der Waals surface area contributed by atoms with Gasteiger partial charge in [-0.3, -0.25) is 9.78 Å². The zero-order chi connectivity index (χ0) is 23.0. The molecule has 2 fully saturated rings. The smallest absolute Gasteiger partial charge is 0.244 e. The first-order chi connectivity index (χ1) is 15.9. The van der Waals surface area contributed by atoms with E-state index in [9.17, 15) is 13.2 Å². The summed E-state index contributed by atoms with van der Waals surface area (Å²) in [4.78, 5) is 22.8. The lowest BCUT2D eigenvalue weighted by atomic mass is 9.99. The number of rotatable bonds is 7. The van der Waals surface area contributed by atoms with Gasteiger partial charge in [-0.05, 0) is 50.3 Å². The molecular weight excluding hydrogens is 462 g/mol. The van der Waals surface area contributed by atoms with Crippen molar-refractivity contribution in [1.29, 1.82) is 0 Å². The number of aromatic nitrogens is 3. The van der Waals surface area contributed by atoms with Gasteiger partial charge in [-0.2, -0.15) is 9.29 Å². The van der Waals surface area contributed by atoms with Crippen molar-refractivity contribution in [3.63, 3.8) is 0 Å². The number of sulfonamides is 1. The number of thiophene rings is 1. The van der Waals surface area contributed by atoms with E-state index < -0.39 is 10.0 Å². The highest BCUT2D eigenvalue weighted by Gasteiger charge is 2.35. The molecule has 0 unspecified atom stereocenters. The average molecular weight is 488 g/mol. The predicted octanol–water partition coefficient (Wildman–Crippen LogP) is 3.10. The van der Waals surface area contributed by atoms with Crippen LogP contribution < -0.4 is 5.32 Å². The summed E-state index contributed by atoms with van der Waals surface area (Å²) in [6.07, 6.45) is 6.78. The Labute approximate surface area is 196 Å². The Kier molecular flexibility index (Phi) is 6.02. The summed E-state index contributed by atoms with van der Waals surface area (Å²) in [6, 6.07) is 5.33. The molecule has 1 atom stereocenters. The van der Waals surface area contributed by atoms with Crippen LogP contribution in [0.3, 0.4) is 0 Å². The molecule has 33 heavy (non-hydrogen) atoms. The number of carbonyl (C=O) groups is 1. The molecule has 1 aliphatic carbocycles. The number of pyridine rings is 1. The largest absolute Gasteiger partial charge is 0.352 e. The Bertz CT molecular complexity index is 1250. The normalized spacial score (nSPS) is 19.5. The van der Waals surface area contributed by atoms with Gasteiger partial charge in [0.2, 0.25) is 27.6 Å². The summed E-state index contributed by atoms with van der Waals surface area (Å²) >= 11 is 1.34. The number of hydrogen-bond donors (Lipinski definition) is 1. The van der Waals surface area contributed by atoms with Crippen molar-refractivity contribution in [3.8, 4) is 10.7 Å². The van der Waals surface area contributed by atoms with Gasteiger partial charge in [-0.25, -0.2) is 8.42 Å². The standard InChI is InChI=1S/C22H25N5O4S2/c1-14-19(10-18(32-14)20-25-22(31-26-20)16-6-7-16)33(29,30)27-9-3-5-17(13-27)21(28)24-12-15-4-2-8-23-11-15/h2,4,8,10-11,16-17H,3,5-7,9,12-13H2,1H3,(H,24,28)/t17-/m0/s1. The molecule has 2 aliphatic rings. The molecule has 174 valence electrons. The third-order valence-corrected chi connectivity index (χ3v) is 9.19. The molecule has 1 amide bonds. The number of amides is 1. The van der Waals surface area contributed by atoms with E-state index in [1.807, 2.05) is 12.1 Å². The highest BCUT2D eigenvalue weighted by Crippen LogP contribution is 2.41. The molecule has 11 heteroatoms. The summed E-state index contributed by atoms with van der Waals surface area (Å²) in [5.41, 5.74) is 0.902. The molecule has 0 aromatic carbocycles. The van der Waals surface area contributed by atoms with Gasteiger partial charge in [-0.1, -0.05) is 11.2 Å². The maximum absolute atomic E-state index is 13.5. The Morgan fingerprint density at radius 3 is 2.94 bits per heavy atom. The third kappa shape index (κ3) is 4.71. The van der Waals surface area contributed by atoms with Crippen molar-refractivity contribution in [2.75, 3.05) is 13.1 Å². The van der Waals surface area contributed by atoms with E-state index in [1.165, 1.54) is 15.6 Å². The maximum atomic E-state index is 13.5. The molecule has 1 N–H and O–H groups in total. The fourth-order valence-corrected chi connectivity index (χ4v) is 7.02. The first-order valence-corrected chi connectivity index (χ1v) is 13.3. The minimum Gasteiger partial charge on any atom is -0.352 e. The van der Waals surface area contributed by atoms with Crippen molar-refractivity contribution in [2.45, 2.75) is 50.0 Å². The summed E-state index contributed by atoms with van der Waals surface area (Å²) in [5.74, 6) is 0.863. The van der Waals surface area contributed by atoms with Gasteiger partial charge in [0.05, 0.1) is 15.7 Å². The SMILES string of the molecule is Cc1sc(-c2noc(C3CC3)n2)cc1S(=O)(=O)N1CCC[C@H](C(=O)NCc2cccnc2)C1. The molecule has 0 bridgehead atoms. The second kappa shape index (κ2) is 8.96. The van der Waals surface area contributed by atoms with Crippen LogP contribution in [0.1, 0.15) is 47.9 Å². The summed E-state index contributed by atoms with van der Waals surface area (Å²) in [6.45, 7) is 2.72. The Morgan fingerprint density at radius 1 is 1.33 bits per heavy atom. The van der Waals surface area contributed by atoms with Gasteiger partial charge in [0.1, 0.15) is 0 Å².